The molecule has 2 saturated heterocycles. The first-order valence-corrected chi connectivity index (χ1v) is 9.55. The van der Waals surface area contributed by atoms with Crippen LogP contribution in [0.25, 0.3) is 6.08 Å². The first-order valence-electron chi connectivity index (χ1n) is 9.55. The molecule has 3 heterocycles. The quantitative estimate of drug-likeness (QED) is 0.634. The smallest absolute Gasteiger partial charge is 0.335 e. The van der Waals surface area contributed by atoms with Crippen LogP contribution in [0.3, 0.4) is 0 Å². The van der Waals surface area contributed by atoms with Gasteiger partial charge >= 0.3 is 6.03 Å². The number of barbiturate groups is 1. The zero-order valence-corrected chi connectivity index (χ0v) is 15.7. The summed E-state index contributed by atoms with van der Waals surface area (Å²) < 4.78 is 19.0. The standard InChI is InChI=1S/C21H20FN3O4/c22-14-5-7-15(8-6-14)25-20(27)17(19(26)23-21(25)28)13-16-9-10-18(29-16)24-11-3-1-2-4-12-24/h5-10,13H,1-4,11-12H2,(H,23,26,28)/b17-13-. The molecule has 0 unspecified atom stereocenters. The Balaban J connectivity index is 1.60. The molecule has 2 fully saturated rings. The Bertz CT molecular complexity index is 972. The van der Waals surface area contributed by atoms with Crippen LogP contribution in [0.5, 0.6) is 0 Å². The number of furan rings is 1. The number of nitrogens with one attached hydrogen (secondary N) is 1. The van der Waals surface area contributed by atoms with Gasteiger partial charge in [0.25, 0.3) is 11.8 Å². The SMILES string of the molecule is O=C1NC(=O)N(c2ccc(F)cc2)C(=O)/C1=C\c1ccc(N2CCCCCC2)o1. The van der Waals surface area contributed by atoms with E-state index in [9.17, 15) is 18.8 Å². The average Bonchev–Trinajstić information content (AvgIpc) is 2.99. The predicted molar refractivity (Wildman–Crippen MR) is 105 cm³/mol. The van der Waals surface area contributed by atoms with Gasteiger partial charge in [0.1, 0.15) is 17.2 Å². The Labute approximate surface area is 166 Å². The number of halogens is 1. The molecule has 2 aliphatic rings. The van der Waals surface area contributed by atoms with Crippen LogP contribution in [-0.2, 0) is 9.59 Å². The van der Waals surface area contributed by atoms with Crippen LogP contribution >= 0.6 is 0 Å². The first-order chi connectivity index (χ1) is 14.0. The van der Waals surface area contributed by atoms with Crippen LogP contribution in [-0.4, -0.2) is 30.9 Å². The molecule has 0 radical (unpaired) electrons. The largest absolute Gasteiger partial charge is 0.441 e. The third-order valence-electron chi connectivity index (χ3n) is 5.00. The van der Waals surface area contributed by atoms with Gasteiger partial charge in [-0.15, -0.1) is 0 Å². The summed E-state index contributed by atoms with van der Waals surface area (Å²) in [5.74, 6) is -1.06. The van der Waals surface area contributed by atoms with E-state index >= 15 is 0 Å². The lowest BCUT2D eigenvalue weighted by atomic mass is 10.1. The summed E-state index contributed by atoms with van der Waals surface area (Å²) in [7, 11) is 0. The van der Waals surface area contributed by atoms with Crippen molar-refractivity contribution in [3.05, 3.63) is 53.5 Å². The molecular formula is C21H20FN3O4. The fourth-order valence-electron chi connectivity index (χ4n) is 3.51. The molecule has 4 amide bonds. The molecule has 1 aromatic heterocycles. The molecule has 4 rings (SSSR count). The average molecular weight is 397 g/mol. The minimum Gasteiger partial charge on any atom is -0.441 e. The highest BCUT2D eigenvalue weighted by Crippen LogP contribution is 2.26. The molecule has 1 N–H and O–H groups in total. The lowest BCUT2D eigenvalue weighted by Crippen LogP contribution is -2.54. The molecule has 8 heteroatoms. The number of anilines is 2. The minimum atomic E-state index is -0.881. The Morgan fingerprint density at radius 3 is 2.31 bits per heavy atom. The molecule has 29 heavy (non-hydrogen) atoms. The van der Waals surface area contributed by atoms with Crippen molar-refractivity contribution in [1.29, 1.82) is 0 Å². The number of hydrogen-bond donors (Lipinski definition) is 1. The topological polar surface area (TPSA) is 82.9 Å². The predicted octanol–water partition coefficient (Wildman–Crippen LogP) is 3.47. The van der Waals surface area contributed by atoms with Gasteiger partial charge in [-0.05, 0) is 49.2 Å². The monoisotopic (exact) mass is 397 g/mol. The molecule has 0 saturated carbocycles. The summed E-state index contributed by atoms with van der Waals surface area (Å²) in [4.78, 5) is 40.2. The van der Waals surface area contributed by atoms with Crippen molar-refractivity contribution in [3.8, 4) is 0 Å². The molecule has 7 nitrogen and oxygen atoms in total. The van der Waals surface area contributed by atoms with E-state index in [0.717, 1.165) is 43.0 Å². The zero-order valence-electron chi connectivity index (χ0n) is 15.7. The van der Waals surface area contributed by atoms with Gasteiger partial charge in [0, 0.05) is 19.2 Å². The van der Waals surface area contributed by atoms with Crippen LogP contribution in [0.1, 0.15) is 31.4 Å². The lowest BCUT2D eigenvalue weighted by molar-refractivity contribution is -0.122. The van der Waals surface area contributed by atoms with Crippen molar-refractivity contribution >= 4 is 35.5 Å². The number of benzene rings is 1. The number of nitrogens with zero attached hydrogens (tertiary/aromatic N) is 2. The summed E-state index contributed by atoms with van der Waals surface area (Å²) in [6, 6.07) is 7.48. The van der Waals surface area contributed by atoms with Crippen molar-refractivity contribution < 1.29 is 23.2 Å². The highest BCUT2D eigenvalue weighted by molar-refractivity contribution is 6.39. The Hall–Kier alpha value is -3.42. The lowest BCUT2D eigenvalue weighted by Gasteiger charge is -2.26. The summed E-state index contributed by atoms with van der Waals surface area (Å²) in [5, 5.41) is 2.13. The van der Waals surface area contributed by atoms with Gasteiger partial charge in [0.2, 0.25) is 0 Å². The number of urea groups is 1. The van der Waals surface area contributed by atoms with Crippen molar-refractivity contribution in [2.75, 3.05) is 22.9 Å². The number of hydrogen-bond acceptors (Lipinski definition) is 5. The molecule has 2 aliphatic heterocycles. The first kappa shape index (κ1) is 18.9. The van der Waals surface area contributed by atoms with Gasteiger partial charge in [-0.25, -0.2) is 14.1 Å². The molecule has 2 aromatic rings. The maximum Gasteiger partial charge on any atom is 0.335 e. The Kier molecular flexibility index (Phi) is 5.16. The molecule has 0 spiro atoms. The molecule has 0 aliphatic carbocycles. The van der Waals surface area contributed by atoms with Gasteiger partial charge in [0.15, 0.2) is 5.88 Å². The third kappa shape index (κ3) is 3.91. The Morgan fingerprint density at radius 1 is 0.931 bits per heavy atom. The number of carbonyl (C=O) groups excluding carboxylic acids is 3. The molecule has 0 atom stereocenters. The second-order valence-electron chi connectivity index (χ2n) is 7.01. The van der Waals surface area contributed by atoms with Crippen LogP contribution in [0.2, 0.25) is 0 Å². The molecular weight excluding hydrogens is 377 g/mol. The van der Waals surface area contributed by atoms with E-state index in [1.165, 1.54) is 31.1 Å². The van der Waals surface area contributed by atoms with E-state index in [-0.39, 0.29) is 11.3 Å². The summed E-state index contributed by atoms with van der Waals surface area (Å²) in [6.07, 6.45) is 5.88. The number of amides is 4. The van der Waals surface area contributed by atoms with E-state index in [4.69, 9.17) is 4.42 Å². The summed E-state index contributed by atoms with van der Waals surface area (Å²) in [6.45, 7) is 1.80. The van der Waals surface area contributed by atoms with E-state index in [2.05, 4.69) is 10.2 Å². The van der Waals surface area contributed by atoms with Crippen molar-refractivity contribution in [2.24, 2.45) is 0 Å². The Morgan fingerprint density at radius 2 is 1.62 bits per heavy atom. The number of rotatable bonds is 3. The van der Waals surface area contributed by atoms with Crippen LogP contribution in [0, 0.1) is 5.82 Å². The maximum absolute atomic E-state index is 13.2. The van der Waals surface area contributed by atoms with Gasteiger partial charge < -0.3 is 9.32 Å². The normalized spacial score (nSPS) is 19.5. The van der Waals surface area contributed by atoms with Crippen LogP contribution < -0.4 is 15.1 Å². The second kappa shape index (κ2) is 7.90. The van der Waals surface area contributed by atoms with Gasteiger partial charge in [-0.2, -0.15) is 0 Å². The van der Waals surface area contributed by atoms with Crippen molar-refractivity contribution in [3.63, 3.8) is 0 Å². The van der Waals surface area contributed by atoms with E-state index in [0.29, 0.717) is 11.6 Å². The van der Waals surface area contributed by atoms with Gasteiger partial charge in [0.05, 0.1) is 5.69 Å². The maximum atomic E-state index is 13.2. The zero-order chi connectivity index (χ0) is 20.4. The number of imide groups is 2. The van der Waals surface area contributed by atoms with Crippen LogP contribution in [0.15, 0.2) is 46.4 Å². The van der Waals surface area contributed by atoms with E-state index in [1.54, 1.807) is 6.07 Å². The van der Waals surface area contributed by atoms with Crippen LogP contribution in [0.4, 0.5) is 20.8 Å². The van der Waals surface area contributed by atoms with E-state index in [1.807, 2.05) is 6.07 Å². The fourth-order valence-corrected chi connectivity index (χ4v) is 3.51. The van der Waals surface area contributed by atoms with Gasteiger partial charge in [-0.3, -0.25) is 14.9 Å². The molecule has 150 valence electrons. The summed E-state index contributed by atoms with van der Waals surface area (Å²) in [5.41, 5.74) is -0.0670. The minimum absolute atomic E-state index is 0.164. The summed E-state index contributed by atoms with van der Waals surface area (Å²) >= 11 is 0. The van der Waals surface area contributed by atoms with Crippen molar-refractivity contribution in [2.45, 2.75) is 25.7 Å². The highest BCUT2D eigenvalue weighted by Gasteiger charge is 2.37. The second-order valence-corrected chi connectivity index (χ2v) is 7.01. The van der Waals surface area contributed by atoms with Gasteiger partial charge in [-0.1, -0.05) is 12.8 Å². The fraction of sp³-hybridized carbons (Fsp3) is 0.286. The third-order valence-corrected chi connectivity index (χ3v) is 5.00. The molecule has 1 aromatic carbocycles. The van der Waals surface area contributed by atoms with Crippen molar-refractivity contribution in [1.82, 2.24) is 5.32 Å². The highest BCUT2D eigenvalue weighted by atomic mass is 19.1. The molecule has 0 bridgehead atoms. The number of carbonyl (C=O) groups is 3. The van der Waals surface area contributed by atoms with E-state index < -0.39 is 23.7 Å².